The molecule has 0 saturated carbocycles. The number of halogens is 5. The molecule has 0 unspecified atom stereocenters. The second-order valence-electron chi connectivity index (χ2n) is 6.93. The third-order valence-corrected chi connectivity index (χ3v) is 5.57. The molecule has 3 aromatic heterocycles. The van der Waals surface area contributed by atoms with Crippen LogP contribution in [0.15, 0.2) is 57.8 Å². The van der Waals surface area contributed by atoms with E-state index in [1.54, 1.807) is 24.3 Å². The summed E-state index contributed by atoms with van der Waals surface area (Å²) < 4.78 is 49.7. The first-order valence-corrected chi connectivity index (χ1v) is 10.1. The monoisotopic (exact) mass is 494 g/mol. The van der Waals surface area contributed by atoms with Crippen LogP contribution in [0.5, 0.6) is 0 Å². The lowest BCUT2D eigenvalue weighted by atomic mass is 10.1. The van der Waals surface area contributed by atoms with Crippen molar-refractivity contribution >= 4 is 45.2 Å². The topological polar surface area (TPSA) is 75.1 Å². The molecule has 0 aliphatic rings. The lowest BCUT2D eigenvalue weighted by Crippen LogP contribution is -2.25. The minimum absolute atomic E-state index is 0.0167. The van der Waals surface area contributed by atoms with Crippen LogP contribution >= 0.6 is 23.2 Å². The van der Waals surface area contributed by atoms with Crippen LogP contribution < -0.4 is 10.4 Å². The molecule has 2 aromatic carbocycles. The third-order valence-electron chi connectivity index (χ3n) is 5.01. The minimum Gasteiger partial charge on any atom is -0.412 e. The van der Waals surface area contributed by atoms with Gasteiger partial charge in [-0.3, -0.25) is 4.79 Å². The Kier molecular flexibility index (Phi) is 4.87. The van der Waals surface area contributed by atoms with Gasteiger partial charge in [-0.25, -0.2) is 4.68 Å². The second-order valence-corrected chi connectivity index (χ2v) is 7.78. The quantitative estimate of drug-likeness (QED) is 0.336. The highest BCUT2D eigenvalue weighted by Gasteiger charge is 2.41. The number of hydrogen-bond acceptors (Lipinski definition) is 5. The predicted octanol–water partition coefficient (Wildman–Crippen LogP) is 5.38. The summed E-state index contributed by atoms with van der Waals surface area (Å²) in [5.74, 6) is 0. The molecule has 5 rings (SSSR count). The summed E-state index contributed by atoms with van der Waals surface area (Å²) in [6, 6.07) is 12.1. The number of pyridine rings is 1. The van der Waals surface area contributed by atoms with E-state index in [1.807, 2.05) is 0 Å². The van der Waals surface area contributed by atoms with E-state index in [2.05, 4.69) is 10.3 Å². The SMILES string of the molecule is COn1c(=O)c2c(-c3ccccc3Cl)noc2c2c(C(F)(F)F)n(-c3cccc(Cl)c3)nc21. The van der Waals surface area contributed by atoms with Gasteiger partial charge in [0.25, 0.3) is 5.56 Å². The van der Waals surface area contributed by atoms with Gasteiger partial charge in [0.05, 0.1) is 16.1 Å². The van der Waals surface area contributed by atoms with Crippen molar-refractivity contribution in [3.63, 3.8) is 0 Å². The van der Waals surface area contributed by atoms with Crippen molar-refractivity contribution in [2.75, 3.05) is 7.11 Å². The number of nitrogens with zero attached hydrogens (tertiary/aromatic N) is 4. The number of rotatable bonds is 3. The first-order chi connectivity index (χ1) is 15.7. The molecule has 0 amide bonds. The fourth-order valence-electron chi connectivity index (χ4n) is 3.68. The third kappa shape index (κ3) is 3.25. The molecule has 168 valence electrons. The summed E-state index contributed by atoms with van der Waals surface area (Å²) in [5.41, 5.74) is -2.45. The van der Waals surface area contributed by atoms with Crippen LogP contribution in [0, 0.1) is 0 Å². The summed E-state index contributed by atoms with van der Waals surface area (Å²) in [5, 5.41) is 7.63. The molecular weight excluding hydrogens is 484 g/mol. The Hall–Kier alpha value is -3.50. The first-order valence-electron chi connectivity index (χ1n) is 9.32. The zero-order valence-corrected chi connectivity index (χ0v) is 18.0. The molecule has 0 saturated heterocycles. The molecule has 0 aliphatic heterocycles. The van der Waals surface area contributed by atoms with Gasteiger partial charge in [-0.05, 0) is 24.3 Å². The van der Waals surface area contributed by atoms with Gasteiger partial charge in [0, 0.05) is 10.6 Å². The van der Waals surface area contributed by atoms with Gasteiger partial charge in [0.2, 0.25) is 5.65 Å². The summed E-state index contributed by atoms with van der Waals surface area (Å²) in [7, 11) is 1.14. The van der Waals surface area contributed by atoms with E-state index in [9.17, 15) is 18.0 Å². The Morgan fingerprint density at radius 3 is 2.48 bits per heavy atom. The predicted molar refractivity (Wildman–Crippen MR) is 116 cm³/mol. The van der Waals surface area contributed by atoms with Crippen LogP contribution in [0.2, 0.25) is 10.0 Å². The van der Waals surface area contributed by atoms with Gasteiger partial charge in [0.15, 0.2) is 11.3 Å². The number of hydrogen-bond donors (Lipinski definition) is 0. The molecule has 0 aliphatic carbocycles. The maximum Gasteiger partial charge on any atom is 0.434 e. The van der Waals surface area contributed by atoms with Crippen molar-refractivity contribution in [1.82, 2.24) is 19.7 Å². The number of alkyl halides is 3. The molecule has 12 heteroatoms. The van der Waals surface area contributed by atoms with Crippen molar-refractivity contribution in [1.29, 1.82) is 0 Å². The highest BCUT2D eigenvalue weighted by molar-refractivity contribution is 6.33. The Labute approximate surface area is 192 Å². The average Bonchev–Trinajstić information content (AvgIpc) is 3.37. The molecule has 0 bridgehead atoms. The van der Waals surface area contributed by atoms with Crippen molar-refractivity contribution in [2.24, 2.45) is 0 Å². The van der Waals surface area contributed by atoms with E-state index in [4.69, 9.17) is 32.6 Å². The first kappa shape index (κ1) is 21.4. The molecule has 0 fully saturated rings. The van der Waals surface area contributed by atoms with E-state index in [0.717, 1.165) is 7.11 Å². The Morgan fingerprint density at radius 2 is 1.82 bits per heavy atom. The van der Waals surface area contributed by atoms with Gasteiger partial charge in [0.1, 0.15) is 18.2 Å². The molecule has 0 atom stereocenters. The van der Waals surface area contributed by atoms with Crippen molar-refractivity contribution in [3.05, 3.63) is 74.6 Å². The summed E-state index contributed by atoms with van der Waals surface area (Å²) in [4.78, 5) is 18.4. The molecule has 33 heavy (non-hydrogen) atoms. The van der Waals surface area contributed by atoms with Crippen LogP contribution in [0.3, 0.4) is 0 Å². The van der Waals surface area contributed by atoms with Crippen LogP contribution in [0.4, 0.5) is 13.2 Å². The lowest BCUT2D eigenvalue weighted by molar-refractivity contribution is -0.141. The summed E-state index contributed by atoms with van der Waals surface area (Å²) in [6.07, 6.45) is -4.89. The molecule has 5 aromatic rings. The van der Waals surface area contributed by atoms with Crippen LogP contribution in [-0.2, 0) is 6.18 Å². The molecule has 0 radical (unpaired) electrons. The maximum absolute atomic E-state index is 14.4. The molecule has 0 N–H and O–H groups in total. The van der Waals surface area contributed by atoms with Gasteiger partial charge in [-0.15, -0.1) is 9.83 Å². The zero-order valence-electron chi connectivity index (χ0n) is 16.5. The highest BCUT2D eigenvalue weighted by Crippen LogP contribution is 2.41. The van der Waals surface area contributed by atoms with E-state index in [0.29, 0.717) is 15.0 Å². The van der Waals surface area contributed by atoms with Crippen LogP contribution in [0.25, 0.3) is 38.9 Å². The smallest absolute Gasteiger partial charge is 0.412 e. The zero-order chi connectivity index (χ0) is 23.5. The highest BCUT2D eigenvalue weighted by atomic mass is 35.5. The largest absolute Gasteiger partial charge is 0.434 e. The van der Waals surface area contributed by atoms with Crippen molar-refractivity contribution < 1.29 is 22.5 Å². The molecular formula is C21H11Cl2F3N4O3. The second kappa shape index (κ2) is 7.53. The summed E-state index contributed by atoms with van der Waals surface area (Å²) in [6.45, 7) is 0. The van der Waals surface area contributed by atoms with Crippen molar-refractivity contribution in [3.8, 4) is 16.9 Å². The van der Waals surface area contributed by atoms with Gasteiger partial charge >= 0.3 is 6.18 Å². The van der Waals surface area contributed by atoms with E-state index < -0.39 is 28.5 Å². The lowest BCUT2D eigenvalue weighted by Gasteiger charge is -2.11. The van der Waals surface area contributed by atoms with Gasteiger partial charge in [-0.1, -0.05) is 52.6 Å². The maximum atomic E-state index is 14.4. The van der Waals surface area contributed by atoms with Crippen molar-refractivity contribution in [2.45, 2.75) is 6.18 Å². The van der Waals surface area contributed by atoms with E-state index in [-0.39, 0.29) is 32.4 Å². The van der Waals surface area contributed by atoms with Gasteiger partial charge < -0.3 is 9.36 Å². The molecule has 0 spiro atoms. The average molecular weight is 495 g/mol. The fraction of sp³-hybridized carbons (Fsp3) is 0.0952. The van der Waals surface area contributed by atoms with Gasteiger partial charge in [-0.2, -0.15) is 13.2 Å². The number of fused-ring (bicyclic) bond motifs is 3. The van der Waals surface area contributed by atoms with Crippen LogP contribution in [-0.4, -0.2) is 26.8 Å². The standard InChI is InChI=1S/C21H11Cl2F3N4O3/c1-32-30-19-15(18(21(24,25)26)29(27-19)11-6-4-5-10(22)9-11)17-14(20(30)31)16(28-33-17)12-7-2-3-8-13(12)23/h2-9H,1H3. The number of benzene rings is 2. The Bertz CT molecular complexity index is 1600. The van der Waals surface area contributed by atoms with E-state index in [1.165, 1.54) is 24.3 Å². The molecule has 7 nitrogen and oxygen atoms in total. The summed E-state index contributed by atoms with van der Waals surface area (Å²) >= 11 is 12.2. The Morgan fingerprint density at radius 1 is 1.06 bits per heavy atom. The fourth-order valence-corrected chi connectivity index (χ4v) is 4.09. The number of aromatic nitrogens is 4. The van der Waals surface area contributed by atoms with Crippen LogP contribution in [0.1, 0.15) is 5.69 Å². The molecule has 3 heterocycles. The Balaban J connectivity index is 1.99. The minimum atomic E-state index is -4.89. The van der Waals surface area contributed by atoms with E-state index >= 15 is 0 Å². The normalized spacial score (nSPS) is 12.1.